The lowest BCUT2D eigenvalue weighted by Gasteiger charge is -2.07. The summed E-state index contributed by atoms with van der Waals surface area (Å²) in [6.07, 6.45) is -4.26. The molecule has 1 N–H and O–H groups in total. The molecule has 0 atom stereocenters. The molecule has 0 spiro atoms. The van der Waals surface area contributed by atoms with Crippen molar-refractivity contribution in [3.63, 3.8) is 0 Å². The first-order valence-electron chi connectivity index (χ1n) is 5.18. The molecule has 1 heterocycles. The van der Waals surface area contributed by atoms with Gasteiger partial charge in [0.1, 0.15) is 0 Å². The molecule has 0 aliphatic heterocycles. The summed E-state index contributed by atoms with van der Waals surface area (Å²) >= 11 is 3.29. The summed E-state index contributed by atoms with van der Waals surface area (Å²) in [5.41, 5.74) is 1.40. The number of aryl methyl sites for hydroxylation is 2. The minimum absolute atomic E-state index is 0.0444. The molecule has 102 valence electrons. The van der Waals surface area contributed by atoms with Gasteiger partial charge in [-0.1, -0.05) is 0 Å². The Morgan fingerprint density at radius 3 is 2.56 bits per heavy atom. The highest BCUT2D eigenvalue weighted by molar-refractivity contribution is 9.10. The van der Waals surface area contributed by atoms with Crippen molar-refractivity contribution in [1.29, 1.82) is 0 Å². The molecule has 0 amide bonds. The van der Waals surface area contributed by atoms with Crippen LogP contribution in [0, 0.1) is 6.92 Å². The van der Waals surface area contributed by atoms with Crippen LogP contribution in [0.25, 0.3) is 0 Å². The SMILES string of the molecule is Cc1nn(C)c(CC(=O)CNCC(F)(F)F)c1Br. The third-order valence-corrected chi connectivity index (χ3v) is 3.31. The quantitative estimate of drug-likeness (QED) is 0.896. The summed E-state index contributed by atoms with van der Waals surface area (Å²) in [7, 11) is 1.68. The molecule has 0 bridgehead atoms. The molecular weight excluding hydrogens is 315 g/mol. The third kappa shape index (κ3) is 4.41. The fourth-order valence-corrected chi connectivity index (χ4v) is 1.94. The number of carbonyl (C=O) groups excluding carboxylic acids is 1. The second kappa shape index (κ2) is 5.83. The molecule has 0 unspecified atom stereocenters. The highest BCUT2D eigenvalue weighted by Crippen LogP contribution is 2.20. The van der Waals surface area contributed by atoms with Crippen molar-refractivity contribution in [3.05, 3.63) is 15.9 Å². The third-order valence-electron chi connectivity index (χ3n) is 2.27. The summed E-state index contributed by atoms with van der Waals surface area (Å²) in [6.45, 7) is 0.306. The number of hydrogen-bond acceptors (Lipinski definition) is 3. The number of aromatic nitrogens is 2. The van der Waals surface area contributed by atoms with E-state index < -0.39 is 12.7 Å². The van der Waals surface area contributed by atoms with E-state index in [1.165, 1.54) is 0 Å². The van der Waals surface area contributed by atoms with Crippen LogP contribution in [0.1, 0.15) is 11.4 Å². The number of ketones is 1. The molecule has 1 rings (SSSR count). The number of nitrogens with zero attached hydrogens (tertiary/aromatic N) is 2. The van der Waals surface area contributed by atoms with Crippen LogP contribution in [-0.2, 0) is 18.3 Å². The van der Waals surface area contributed by atoms with Gasteiger partial charge in [0.05, 0.1) is 35.4 Å². The Kier molecular flexibility index (Phi) is 4.92. The van der Waals surface area contributed by atoms with Crippen molar-refractivity contribution >= 4 is 21.7 Å². The Morgan fingerprint density at radius 2 is 2.11 bits per heavy atom. The second-order valence-electron chi connectivity index (χ2n) is 3.90. The summed E-state index contributed by atoms with van der Waals surface area (Å²) < 4.78 is 37.9. The van der Waals surface area contributed by atoms with E-state index >= 15 is 0 Å². The molecule has 8 heteroatoms. The Balaban J connectivity index is 2.50. The van der Waals surface area contributed by atoms with E-state index in [2.05, 4.69) is 26.3 Å². The summed E-state index contributed by atoms with van der Waals surface area (Å²) in [5.74, 6) is -0.317. The van der Waals surface area contributed by atoms with Crippen LogP contribution in [0.4, 0.5) is 13.2 Å². The maximum Gasteiger partial charge on any atom is 0.401 e. The maximum absolute atomic E-state index is 11.9. The molecule has 0 fully saturated rings. The molecular formula is C10H13BrF3N3O. The van der Waals surface area contributed by atoms with Crippen LogP contribution in [-0.4, -0.2) is 34.8 Å². The highest BCUT2D eigenvalue weighted by Gasteiger charge is 2.26. The minimum Gasteiger partial charge on any atom is -0.302 e. The molecule has 4 nitrogen and oxygen atoms in total. The van der Waals surface area contributed by atoms with Gasteiger partial charge in [0.25, 0.3) is 0 Å². The van der Waals surface area contributed by atoms with Gasteiger partial charge in [-0.2, -0.15) is 18.3 Å². The Hall–Kier alpha value is -0.890. The van der Waals surface area contributed by atoms with E-state index in [0.29, 0.717) is 10.2 Å². The highest BCUT2D eigenvalue weighted by atomic mass is 79.9. The topological polar surface area (TPSA) is 46.9 Å². The van der Waals surface area contributed by atoms with Crippen LogP contribution in [0.15, 0.2) is 4.47 Å². The van der Waals surface area contributed by atoms with Crippen molar-refractivity contribution in [2.45, 2.75) is 19.5 Å². The van der Waals surface area contributed by atoms with E-state index in [0.717, 1.165) is 5.69 Å². The van der Waals surface area contributed by atoms with Gasteiger partial charge in [-0.15, -0.1) is 0 Å². The number of alkyl halides is 3. The predicted octanol–water partition coefficient (Wildman–Crippen LogP) is 1.75. The Bertz CT molecular complexity index is 442. The van der Waals surface area contributed by atoms with Gasteiger partial charge < -0.3 is 5.32 Å². The fraction of sp³-hybridized carbons (Fsp3) is 0.600. The largest absolute Gasteiger partial charge is 0.401 e. The number of Topliss-reactive ketones (excluding diaryl/α,β-unsaturated/α-hetero) is 1. The smallest absolute Gasteiger partial charge is 0.302 e. The van der Waals surface area contributed by atoms with Crippen LogP contribution in [0.2, 0.25) is 0 Å². The van der Waals surface area contributed by atoms with E-state index in [-0.39, 0.29) is 18.7 Å². The zero-order valence-corrected chi connectivity index (χ0v) is 11.5. The van der Waals surface area contributed by atoms with Crippen LogP contribution in [0.3, 0.4) is 0 Å². The van der Waals surface area contributed by atoms with Gasteiger partial charge in [0, 0.05) is 7.05 Å². The van der Waals surface area contributed by atoms with Gasteiger partial charge in [0.15, 0.2) is 5.78 Å². The first-order valence-corrected chi connectivity index (χ1v) is 5.97. The van der Waals surface area contributed by atoms with E-state index in [9.17, 15) is 18.0 Å². The van der Waals surface area contributed by atoms with Crippen LogP contribution in [0.5, 0.6) is 0 Å². The Labute approximate surface area is 111 Å². The molecule has 0 aromatic carbocycles. The second-order valence-corrected chi connectivity index (χ2v) is 4.70. The summed E-state index contributed by atoms with van der Waals surface area (Å²) in [6, 6.07) is 0. The molecule has 18 heavy (non-hydrogen) atoms. The Morgan fingerprint density at radius 1 is 1.50 bits per heavy atom. The number of rotatable bonds is 5. The molecule has 0 radical (unpaired) electrons. The zero-order chi connectivity index (χ0) is 13.9. The summed E-state index contributed by atoms with van der Waals surface area (Å²) in [5, 5.41) is 6.17. The lowest BCUT2D eigenvalue weighted by molar-refractivity contribution is -0.127. The monoisotopic (exact) mass is 327 g/mol. The number of carbonyl (C=O) groups is 1. The van der Waals surface area contributed by atoms with Gasteiger partial charge in [-0.05, 0) is 22.9 Å². The predicted molar refractivity (Wildman–Crippen MR) is 63.3 cm³/mol. The standard InChI is InChI=1S/C10H13BrF3N3O/c1-6-9(11)8(17(2)16-6)3-7(18)4-15-5-10(12,13)14/h15H,3-5H2,1-2H3. The van der Waals surface area contributed by atoms with Gasteiger partial charge >= 0.3 is 6.18 Å². The lowest BCUT2D eigenvalue weighted by atomic mass is 10.2. The van der Waals surface area contributed by atoms with Crippen molar-refractivity contribution in [1.82, 2.24) is 15.1 Å². The van der Waals surface area contributed by atoms with Gasteiger partial charge in [-0.3, -0.25) is 9.48 Å². The number of hydrogen-bond donors (Lipinski definition) is 1. The van der Waals surface area contributed by atoms with Crippen LogP contribution >= 0.6 is 15.9 Å². The molecule has 0 aliphatic rings. The van der Waals surface area contributed by atoms with Crippen molar-refractivity contribution in [3.8, 4) is 0 Å². The van der Waals surface area contributed by atoms with E-state index in [1.54, 1.807) is 18.7 Å². The van der Waals surface area contributed by atoms with E-state index in [4.69, 9.17) is 0 Å². The fourth-order valence-electron chi connectivity index (χ4n) is 1.47. The molecule has 0 aliphatic carbocycles. The van der Waals surface area contributed by atoms with Crippen molar-refractivity contribution in [2.75, 3.05) is 13.1 Å². The average Bonchev–Trinajstić information content (AvgIpc) is 2.43. The van der Waals surface area contributed by atoms with Crippen molar-refractivity contribution in [2.24, 2.45) is 7.05 Å². The molecule has 1 aromatic rings. The average molecular weight is 328 g/mol. The maximum atomic E-state index is 11.9. The van der Waals surface area contributed by atoms with Gasteiger partial charge in [-0.25, -0.2) is 0 Å². The normalized spacial score (nSPS) is 11.9. The zero-order valence-electron chi connectivity index (χ0n) is 9.94. The number of nitrogens with one attached hydrogen (secondary N) is 1. The number of halogens is 4. The van der Waals surface area contributed by atoms with E-state index in [1.807, 2.05) is 0 Å². The van der Waals surface area contributed by atoms with Gasteiger partial charge in [0.2, 0.25) is 0 Å². The first kappa shape index (κ1) is 15.2. The van der Waals surface area contributed by atoms with Crippen molar-refractivity contribution < 1.29 is 18.0 Å². The molecule has 1 aromatic heterocycles. The lowest BCUT2D eigenvalue weighted by Crippen LogP contribution is -2.33. The first-order chi connectivity index (χ1) is 8.20. The minimum atomic E-state index is -4.30. The molecule has 0 saturated carbocycles. The molecule has 0 saturated heterocycles. The summed E-state index contributed by atoms with van der Waals surface area (Å²) in [4.78, 5) is 11.5. The van der Waals surface area contributed by atoms with Crippen LogP contribution < -0.4 is 5.32 Å².